The Kier molecular flexibility index (Phi) is 9.65. The van der Waals surface area contributed by atoms with Crippen LogP contribution in [0.3, 0.4) is 0 Å². The third-order valence-electron chi connectivity index (χ3n) is 5.67. The first-order chi connectivity index (χ1) is 17.7. The highest BCUT2D eigenvalue weighted by atomic mass is 32.1. The molecule has 0 fully saturated rings. The van der Waals surface area contributed by atoms with E-state index in [4.69, 9.17) is 5.73 Å². The van der Waals surface area contributed by atoms with Gasteiger partial charge in [0, 0.05) is 47.6 Å². The fourth-order valence-electron chi connectivity index (χ4n) is 3.65. The van der Waals surface area contributed by atoms with Gasteiger partial charge < -0.3 is 41.9 Å². The summed E-state index contributed by atoms with van der Waals surface area (Å²) in [6.07, 6.45) is 4.59. The number of nitrogens with zero attached hydrogens (tertiary/aromatic N) is 1. The minimum Gasteiger partial charge on any atom is -0.480 e. The molecule has 0 radical (unpaired) electrons. The molecular formula is C23H29N7O6S. The van der Waals surface area contributed by atoms with Crippen LogP contribution in [-0.2, 0) is 32.0 Å². The Bertz CT molecular complexity index is 1230. The summed E-state index contributed by atoms with van der Waals surface area (Å²) in [6.45, 7) is -0.627. The molecule has 3 amide bonds. The van der Waals surface area contributed by atoms with Gasteiger partial charge >= 0.3 is 5.97 Å². The number of para-hydroxylation sites is 1. The van der Waals surface area contributed by atoms with Gasteiger partial charge in [-0.2, -0.15) is 12.6 Å². The molecule has 0 saturated heterocycles. The summed E-state index contributed by atoms with van der Waals surface area (Å²) in [5.41, 5.74) is 7.70. The number of carbonyl (C=O) groups excluding carboxylic acids is 3. The summed E-state index contributed by atoms with van der Waals surface area (Å²) < 4.78 is 0. The molecule has 4 atom stereocenters. The predicted molar refractivity (Wildman–Crippen MR) is 137 cm³/mol. The Morgan fingerprint density at radius 1 is 0.973 bits per heavy atom. The van der Waals surface area contributed by atoms with E-state index in [0.29, 0.717) is 5.69 Å². The van der Waals surface area contributed by atoms with Crippen molar-refractivity contribution in [1.29, 1.82) is 0 Å². The number of amides is 3. The molecule has 0 aliphatic carbocycles. The number of aromatic nitrogens is 3. The van der Waals surface area contributed by atoms with Crippen molar-refractivity contribution in [3.05, 3.63) is 54.2 Å². The number of fused-ring (bicyclic) bond motifs is 1. The number of aromatic amines is 2. The monoisotopic (exact) mass is 531 g/mol. The maximum Gasteiger partial charge on any atom is 0.327 e. The van der Waals surface area contributed by atoms with E-state index >= 15 is 0 Å². The SMILES string of the molecule is NC(CO)C(=O)NC(Cc1c[nH]c2ccccc12)C(=O)NC(Cc1cnc[nH]1)C(=O)NC(CS)C(=O)O. The first-order valence-electron chi connectivity index (χ1n) is 11.4. The molecule has 0 aliphatic heterocycles. The van der Waals surface area contributed by atoms with Crippen LogP contribution in [0.2, 0.25) is 0 Å². The van der Waals surface area contributed by atoms with Crippen LogP contribution in [0.25, 0.3) is 10.9 Å². The quantitative estimate of drug-likeness (QED) is 0.118. The van der Waals surface area contributed by atoms with Crippen LogP contribution in [-0.4, -0.2) is 85.4 Å². The molecule has 198 valence electrons. The summed E-state index contributed by atoms with van der Waals surface area (Å²) in [5, 5.41) is 26.9. The number of nitrogens with two attached hydrogens (primary N) is 1. The predicted octanol–water partition coefficient (Wildman–Crippen LogP) is -1.54. The van der Waals surface area contributed by atoms with Crippen LogP contribution in [0.5, 0.6) is 0 Å². The Labute approximate surface area is 217 Å². The van der Waals surface area contributed by atoms with Crippen LogP contribution in [0.1, 0.15) is 11.3 Å². The number of carboxylic acids is 1. The van der Waals surface area contributed by atoms with Gasteiger partial charge in [-0.3, -0.25) is 14.4 Å². The highest BCUT2D eigenvalue weighted by Crippen LogP contribution is 2.19. The first kappa shape index (κ1) is 27.7. The molecule has 37 heavy (non-hydrogen) atoms. The van der Waals surface area contributed by atoms with Gasteiger partial charge in [0.2, 0.25) is 17.7 Å². The average molecular weight is 532 g/mol. The van der Waals surface area contributed by atoms with Crippen molar-refractivity contribution in [3.8, 4) is 0 Å². The van der Waals surface area contributed by atoms with E-state index in [9.17, 15) is 29.4 Å². The molecule has 2 heterocycles. The number of carbonyl (C=O) groups is 4. The number of aliphatic hydroxyl groups is 1. The van der Waals surface area contributed by atoms with Crippen LogP contribution in [0.15, 0.2) is 43.0 Å². The molecule has 9 N–H and O–H groups in total. The normalized spacial score (nSPS) is 14.4. The Morgan fingerprint density at radius 3 is 2.24 bits per heavy atom. The molecule has 3 aromatic rings. The number of carboxylic acid groups (broad SMARTS) is 1. The van der Waals surface area contributed by atoms with Gasteiger partial charge in [0.05, 0.1) is 12.9 Å². The zero-order valence-electron chi connectivity index (χ0n) is 19.7. The summed E-state index contributed by atoms with van der Waals surface area (Å²) in [6, 6.07) is 2.50. The van der Waals surface area contributed by atoms with Crippen molar-refractivity contribution in [2.24, 2.45) is 5.73 Å². The van der Waals surface area contributed by atoms with E-state index in [1.165, 1.54) is 12.5 Å². The number of nitrogens with one attached hydrogen (secondary N) is 5. The average Bonchev–Trinajstić information content (AvgIpc) is 3.55. The maximum atomic E-state index is 13.4. The Balaban J connectivity index is 1.85. The van der Waals surface area contributed by atoms with Crippen LogP contribution in [0, 0.1) is 0 Å². The maximum absolute atomic E-state index is 13.4. The lowest BCUT2D eigenvalue weighted by Crippen LogP contribution is -2.58. The second-order valence-electron chi connectivity index (χ2n) is 8.34. The van der Waals surface area contributed by atoms with Crippen molar-refractivity contribution in [2.75, 3.05) is 12.4 Å². The molecule has 0 bridgehead atoms. The van der Waals surface area contributed by atoms with Gasteiger partial charge in [-0.15, -0.1) is 0 Å². The number of rotatable bonds is 13. The molecule has 2 aromatic heterocycles. The van der Waals surface area contributed by atoms with E-state index in [1.807, 2.05) is 24.3 Å². The van der Waals surface area contributed by atoms with Crippen LogP contribution >= 0.6 is 12.6 Å². The standard InChI is InChI=1S/C23H29N7O6S/c24-15(9-31)20(32)28-17(5-12-7-26-16-4-2-1-3-14(12)16)21(33)29-18(6-13-8-25-11-27-13)22(34)30-19(10-37)23(35)36/h1-4,7-8,11,15,17-19,26,31,37H,5-6,9-10,24H2,(H,25,27)(H,28,32)(H,29,33)(H,30,34)(H,35,36). The summed E-state index contributed by atoms with van der Waals surface area (Å²) in [4.78, 5) is 60.1. The zero-order valence-corrected chi connectivity index (χ0v) is 20.6. The smallest absolute Gasteiger partial charge is 0.327 e. The molecule has 0 spiro atoms. The van der Waals surface area contributed by atoms with Crippen molar-refractivity contribution in [3.63, 3.8) is 0 Å². The van der Waals surface area contributed by atoms with Gasteiger partial charge in [0.15, 0.2) is 0 Å². The lowest BCUT2D eigenvalue weighted by Gasteiger charge is -2.24. The third-order valence-corrected chi connectivity index (χ3v) is 6.04. The molecule has 13 nitrogen and oxygen atoms in total. The topological polar surface area (TPSA) is 215 Å². The lowest BCUT2D eigenvalue weighted by atomic mass is 10.0. The van der Waals surface area contributed by atoms with E-state index in [2.05, 4.69) is 43.5 Å². The highest BCUT2D eigenvalue weighted by molar-refractivity contribution is 7.80. The summed E-state index contributed by atoms with van der Waals surface area (Å²) in [7, 11) is 0. The van der Waals surface area contributed by atoms with Crippen LogP contribution in [0.4, 0.5) is 0 Å². The minimum atomic E-state index is -1.28. The molecule has 0 saturated carbocycles. The summed E-state index contributed by atoms with van der Waals surface area (Å²) >= 11 is 3.95. The van der Waals surface area contributed by atoms with Gasteiger partial charge in [-0.25, -0.2) is 9.78 Å². The molecule has 0 aliphatic rings. The van der Waals surface area contributed by atoms with Gasteiger partial charge in [-0.1, -0.05) is 18.2 Å². The van der Waals surface area contributed by atoms with Crippen molar-refractivity contribution < 1.29 is 29.4 Å². The second-order valence-corrected chi connectivity index (χ2v) is 8.70. The fraction of sp³-hybridized carbons (Fsp3) is 0.348. The Morgan fingerprint density at radius 2 is 1.62 bits per heavy atom. The van der Waals surface area contributed by atoms with Crippen molar-refractivity contribution >= 4 is 47.2 Å². The zero-order chi connectivity index (χ0) is 26.9. The number of hydrogen-bond donors (Lipinski definition) is 9. The number of imidazole rings is 1. The number of H-pyrrole nitrogens is 2. The Hall–Kier alpha value is -3.88. The number of thiol groups is 1. The van der Waals surface area contributed by atoms with Crippen molar-refractivity contribution in [1.82, 2.24) is 30.9 Å². The number of aliphatic hydroxyl groups excluding tert-OH is 1. The molecule has 4 unspecified atom stereocenters. The molecule has 3 rings (SSSR count). The van der Waals surface area contributed by atoms with Gasteiger partial charge in [0.25, 0.3) is 0 Å². The molecule has 1 aromatic carbocycles. The lowest BCUT2D eigenvalue weighted by molar-refractivity contribution is -0.141. The fourth-order valence-corrected chi connectivity index (χ4v) is 3.89. The third kappa shape index (κ3) is 7.31. The number of benzene rings is 1. The van der Waals surface area contributed by atoms with Crippen molar-refractivity contribution in [2.45, 2.75) is 37.0 Å². The van der Waals surface area contributed by atoms with Gasteiger partial charge in [-0.05, 0) is 11.6 Å². The first-order valence-corrected chi connectivity index (χ1v) is 12.0. The van der Waals surface area contributed by atoms with E-state index in [0.717, 1.165) is 16.5 Å². The number of aliphatic carboxylic acids is 1. The minimum absolute atomic E-state index is 0.0274. The van der Waals surface area contributed by atoms with E-state index in [1.54, 1.807) is 6.20 Å². The second kappa shape index (κ2) is 12.9. The van der Waals surface area contributed by atoms with E-state index in [-0.39, 0.29) is 18.6 Å². The summed E-state index contributed by atoms with van der Waals surface area (Å²) in [5.74, 6) is -3.66. The number of hydrogen-bond acceptors (Lipinski definition) is 8. The highest BCUT2D eigenvalue weighted by Gasteiger charge is 2.31. The van der Waals surface area contributed by atoms with Gasteiger partial charge in [0.1, 0.15) is 24.2 Å². The largest absolute Gasteiger partial charge is 0.480 e. The molecule has 14 heteroatoms. The molecular weight excluding hydrogens is 502 g/mol. The van der Waals surface area contributed by atoms with E-state index < -0.39 is 54.5 Å². The van der Waals surface area contributed by atoms with Crippen LogP contribution < -0.4 is 21.7 Å².